The Labute approximate surface area is 197 Å². The number of amides is 2. The number of para-hydroxylation sites is 1. The number of hydrogen-bond acceptors (Lipinski definition) is 4. The van der Waals surface area contributed by atoms with Gasteiger partial charge in [-0.2, -0.15) is 5.26 Å². The number of rotatable bonds is 7. The molecule has 0 heterocycles. The smallest absolute Gasteiger partial charge is 0.266 e. The summed E-state index contributed by atoms with van der Waals surface area (Å²) in [5.41, 5.74) is 3.82. The molecule has 0 spiro atoms. The van der Waals surface area contributed by atoms with Crippen LogP contribution in [0.5, 0.6) is 5.75 Å². The minimum absolute atomic E-state index is 0.0976. The molecule has 0 aliphatic heterocycles. The average molecular weight is 460 g/mol. The Morgan fingerprint density at radius 3 is 2.52 bits per heavy atom. The average Bonchev–Trinajstić information content (AvgIpc) is 2.80. The van der Waals surface area contributed by atoms with Gasteiger partial charge in [0.25, 0.3) is 11.8 Å². The predicted molar refractivity (Wildman–Crippen MR) is 130 cm³/mol. The summed E-state index contributed by atoms with van der Waals surface area (Å²) >= 11 is 6.06. The van der Waals surface area contributed by atoms with Crippen LogP contribution in [-0.2, 0) is 9.59 Å². The summed E-state index contributed by atoms with van der Waals surface area (Å²) in [4.78, 5) is 24.7. The van der Waals surface area contributed by atoms with Crippen molar-refractivity contribution in [2.75, 3.05) is 17.2 Å². The molecule has 0 saturated heterocycles. The van der Waals surface area contributed by atoms with Crippen LogP contribution in [0.1, 0.15) is 16.7 Å². The Balaban J connectivity index is 1.64. The van der Waals surface area contributed by atoms with Gasteiger partial charge in [0, 0.05) is 5.69 Å². The van der Waals surface area contributed by atoms with Crippen molar-refractivity contribution in [2.45, 2.75) is 13.8 Å². The van der Waals surface area contributed by atoms with Gasteiger partial charge >= 0.3 is 0 Å². The molecule has 0 bridgehead atoms. The molecule has 0 fully saturated rings. The number of nitriles is 1. The van der Waals surface area contributed by atoms with E-state index in [2.05, 4.69) is 10.6 Å². The first-order chi connectivity index (χ1) is 15.9. The Kier molecular flexibility index (Phi) is 7.85. The summed E-state index contributed by atoms with van der Waals surface area (Å²) in [5.74, 6) is -0.441. The Bertz CT molecular complexity index is 1260. The van der Waals surface area contributed by atoms with Gasteiger partial charge in [-0.25, -0.2) is 0 Å². The van der Waals surface area contributed by atoms with Crippen molar-refractivity contribution in [3.63, 3.8) is 0 Å². The fourth-order valence-corrected chi connectivity index (χ4v) is 3.11. The molecule has 2 amide bonds. The van der Waals surface area contributed by atoms with Crippen LogP contribution in [0.15, 0.2) is 72.3 Å². The maximum Gasteiger partial charge on any atom is 0.266 e. The van der Waals surface area contributed by atoms with Gasteiger partial charge in [-0.05, 0) is 73.0 Å². The Morgan fingerprint density at radius 2 is 1.79 bits per heavy atom. The zero-order valence-electron chi connectivity index (χ0n) is 18.2. The van der Waals surface area contributed by atoms with Crippen LogP contribution in [0.4, 0.5) is 11.4 Å². The lowest BCUT2D eigenvalue weighted by Crippen LogP contribution is -2.20. The number of carbonyl (C=O) groups is 2. The number of ether oxygens (including phenoxy) is 1. The van der Waals surface area contributed by atoms with Crippen molar-refractivity contribution in [1.29, 1.82) is 5.26 Å². The van der Waals surface area contributed by atoms with Crippen LogP contribution in [0.2, 0.25) is 5.02 Å². The van der Waals surface area contributed by atoms with Gasteiger partial charge in [-0.1, -0.05) is 41.9 Å². The molecule has 166 valence electrons. The topological polar surface area (TPSA) is 91.2 Å². The van der Waals surface area contributed by atoms with E-state index in [9.17, 15) is 14.9 Å². The number of nitrogens with one attached hydrogen (secondary N) is 2. The van der Waals surface area contributed by atoms with Crippen LogP contribution in [-0.4, -0.2) is 18.4 Å². The molecular formula is C26H22ClN3O3. The second kappa shape index (κ2) is 11.0. The van der Waals surface area contributed by atoms with Crippen molar-refractivity contribution in [3.05, 3.63) is 94.0 Å². The number of benzene rings is 3. The molecule has 7 heteroatoms. The number of aryl methyl sites for hydroxylation is 2. The molecule has 0 aliphatic carbocycles. The van der Waals surface area contributed by atoms with Crippen molar-refractivity contribution >= 4 is 40.9 Å². The van der Waals surface area contributed by atoms with E-state index < -0.39 is 5.91 Å². The monoisotopic (exact) mass is 459 g/mol. The second-order valence-corrected chi connectivity index (χ2v) is 7.72. The minimum atomic E-state index is -0.579. The molecule has 3 aromatic carbocycles. The largest absolute Gasteiger partial charge is 0.484 e. The Morgan fingerprint density at radius 1 is 1.00 bits per heavy atom. The molecular weight excluding hydrogens is 438 g/mol. The van der Waals surface area contributed by atoms with Crippen LogP contribution in [0.3, 0.4) is 0 Å². The molecule has 33 heavy (non-hydrogen) atoms. The number of nitrogens with zero attached hydrogens (tertiary/aromatic N) is 1. The number of anilines is 2. The van der Waals surface area contributed by atoms with E-state index in [0.717, 1.165) is 11.1 Å². The van der Waals surface area contributed by atoms with Crippen LogP contribution in [0.25, 0.3) is 6.08 Å². The highest BCUT2D eigenvalue weighted by Gasteiger charge is 2.12. The third-order valence-corrected chi connectivity index (χ3v) is 5.15. The summed E-state index contributed by atoms with van der Waals surface area (Å²) in [6, 6.07) is 21.1. The third kappa shape index (κ3) is 6.70. The van der Waals surface area contributed by atoms with Gasteiger partial charge in [-0.3, -0.25) is 9.59 Å². The van der Waals surface area contributed by atoms with Crippen molar-refractivity contribution in [1.82, 2.24) is 0 Å². The summed E-state index contributed by atoms with van der Waals surface area (Å²) < 4.78 is 5.58. The molecule has 0 saturated carbocycles. The zero-order chi connectivity index (χ0) is 23.8. The fourth-order valence-electron chi connectivity index (χ4n) is 2.93. The molecule has 3 aromatic rings. The fraction of sp³-hybridized carbons (Fsp3) is 0.115. The highest BCUT2D eigenvalue weighted by molar-refractivity contribution is 6.34. The van der Waals surface area contributed by atoms with E-state index >= 15 is 0 Å². The van der Waals surface area contributed by atoms with Gasteiger partial charge in [0.05, 0.1) is 10.7 Å². The molecule has 0 atom stereocenters. The molecule has 0 aromatic heterocycles. The van der Waals surface area contributed by atoms with E-state index in [1.54, 1.807) is 48.5 Å². The van der Waals surface area contributed by atoms with E-state index in [0.29, 0.717) is 27.7 Å². The Hall–Kier alpha value is -4.08. The lowest BCUT2D eigenvalue weighted by atomic mass is 10.1. The quantitative estimate of drug-likeness (QED) is 0.359. The standard InChI is InChI=1S/C26H22ClN3O3/c1-17-10-11-21(12-18(17)2)29-25(31)16-33-22-7-5-6-19(14-22)13-20(15-28)26(32)30-24-9-4-3-8-23(24)27/h3-14H,16H2,1-2H3,(H,29,31)(H,30,32)/b20-13+. The van der Waals surface area contributed by atoms with E-state index in [1.807, 2.05) is 38.1 Å². The first-order valence-electron chi connectivity index (χ1n) is 10.1. The van der Waals surface area contributed by atoms with Gasteiger partial charge < -0.3 is 15.4 Å². The molecule has 0 unspecified atom stereocenters. The van der Waals surface area contributed by atoms with Crippen molar-refractivity contribution < 1.29 is 14.3 Å². The minimum Gasteiger partial charge on any atom is -0.484 e. The summed E-state index contributed by atoms with van der Waals surface area (Å²) in [7, 11) is 0. The van der Waals surface area contributed by atoms with Gasteiger partial charge in [0.1, 0.15) is 17.4 Å². The van der Waals surface area contributed by atoms with E-state index in [1.165, 1.54) is 6.08 Å². The van der Waals surface area contributed by atoms with Crippen LogP contribution < -0.4 is 15.4 Å². The predicted octanol–water partition coefficient (Wildman–Crippen LogP) is 5.52. The molecule has 6 nitrogen and oxygen atoms in total. The number of hydrogen-bond donors (Lipinski definition) is 2. The first-order valence-corrected chi connectivity index (χ1v) is 10.5. The number of carbonyl (C=O) groups excluding carboxylic acids is 2. The van der Waals surface area contributed by atoms with Gasteiger partial charge in [0.15, 0.2) is 6.61 Å². The normalized spacial score (nSPS) is 10.8. The molecule has 0 radical (unpaired) electrons. The van der Waals surface area contributed by atoms with E-state index in [-0.39, 0.29) is 18.1 Å². The molecule has 3 rings (SSSR count). The van der Waals surface area contributed by atoms with Gasteiger partial charge in [-0.15, -0.1) is 0 Å². The van der Waals surface area contributed by atoms with Crippen molar-refractivity contribution in [3.8, 4) is 11.8 Å². The summed E-state index contributed by atoms with van der Waals surface area (Å²) in [6.45, 7) is 3.80. The maximum atomic E-state index is 12.5. The van der Waals surface area contributed by atoms with Crippen LogP contribution in [0, 0.1) is 25.2 Å². The highest BCUT2D eigenvalue weighted by Crippen LogP contribution is 2.22. The second-order valence-electron chi connectivity index (χ2n) is 7.31. The zero-order valence-corrected chi connectivity index (χ0v) is 18.9. The lowest BCUT2D eigenvalue weighted by Gasteiger charge is -2.10. The van der Waals surface area contributed by atoms with Crippen molar-refractivity contribution in [2.24, 2.45) is 0 Å². The summed E-state index contributed by atoms with van der Waals surface area (Å²) in [5, 5.41) is 15.2. The van der Waals surface area contributed by atoms with Gasteiger partial charge in [0.2, 0.25) is 0 Å². The van der Waals surface area contributed by atoms with Crippen LogP contribution >= 0.6 is 11.6 Å². The maximum absolute atomic E-state index is 12.5. The summed E-state index contributed by atoms with van der Waals surface area (Å²) in [6.07, 6.45) is 1.44. The molecule has 0 aliphatic rings. The molecule has 2 N–H and O–H groups in total. The first kappa shape index (κ1) is 23.6. The third-order valence-electron chi connectivity index (χ3n) is 4.82. The SMILES string of the molecule is Cc1ccc(NC(=O)COc2cccc(/C=C(\C#N)C(=O)Nc3ccccc3Cl)c2)cc1C. The van der Waals surface area contributed by atoms with E-state index in [4.69, 9.17) is 16.3 Å². The highest BCUT2D eigenvalue weighted by atomic mass is 35.5. The lowest BCUT2D eigenvalue weighted by molar-refractivity contribution is -0.118. The number of halogens is 1.